The summed E-state index contributed by atoms with van der Waals surface area (Å²) in [7, 11) is 0. The van der Waals surface area contributed by atoms with Crippen molar-refractivity contribution in [3.05, 3.63) is 46.4 Å². The maximum Gasteiger partial charge on any atom is 0.305 e. The molecule has 84 valence electrons. The van der Waals surface area contributed by atoms with E-state index >= 15 is 0 Å². The quantitative estimate of drug-likeness (QED) is 0.383. The number of hydrogen-bond donors (Lipinski definition) is 1. The third-order valence-corrected chi connectivity index (χ3v) is 2.04. The second-order valence-corrected chi connectivity index (χ2v) is 3.11. The van der Waals surface area contributed by atoms with Gasteiger partial charge in [-0.1, -0.05) is 18.2 Å². The van der Waals surface area contributed by atoms with E-state index in [9.17, 15) is 14.5 Å². The first kappa shape index (κ1) is 12.1. The monoisotopic (exact) mass is 243 g/mol. The Morgan fingerprint density at radius 3 is 2.81 bits per heavy atom. The SMILES string of the molecule is C=CN=C(Cl)c1cc([N+](=O)[O-])c(F)cc1N. The van der Waals surface area contributed by atoms with Crippen LogP contribution in [0.15, 0.2) is 29.9 Å². The Balaban J connectivity index is 3.41. The predicted molar refractivity (Wildman–Crippen MR) is 60.1 cm³/mol. The minimum absolute atomic E-state index is 0.0290. The normalized spacial score (nSPS) is 11.2. The summed E-state index contributed by atoms with van der Waals surface area (Å²) in [5, 5.41) is 10.4. The molecule has 2 N–H and O–H groups in total. The Hall–Kier alpha value is -1.95. The van der Waals surface area contributed by atoms with Gasteiger partial charge in [0.2, 0.25) is 5.82 Å². The van der Waals surface area contributed by atoms with E-state index in [1.54, 1.807) is 0 Å². The van der Waals surface area contributed by atoms with E-state index in [0.717, 1.165) is 18.3 Å². The predicted octanol–water partition coefficient (Wildman–Crippen LogP) is 2.44. The van der Waals surface area contributed by atoms with Gasteiger partial charge in [-0.3, -0.25) is 10.1 Å². The highest BCUT2D eigenvalue weighted by Gasteiger charge is 2.18. The molecule has 0 saturated carbocycles. The number of rotatable bonds is 3. The number of halogens is 2. The Kier molecular flexibility index (Phi) is 3.57. The van der Waals surface area contributed by atoms with E-state index in [0.29, 0.717) is 0 Å². The zero-order valence-corrected chi connectivity index (χ0v) is 8.74. The molecular weight excluding hydrogens is 237 g/mol. The van der Waals surface area contributed by atoms with Crippen LogP contribution in [0.3, 0.4) is 0 Å². The first-order chi connectivity index (χ1) is 7.47. The maximum absolute atomic E-state index is 13.1. The van der Waals surface area contributed by atoms with Crippen LogP contribution >= 0.6 is 11.6 Å². The fraction of sp³-hybridized carbons (Fsp3) is 0. The van der Waals surface area contributed by atoms with Gasteiger partial charge in [-0.15, -0.1) is 0 Å². The van der Waals surface area contributed by atoms with Gasteiger partial charge in [0.25, 0.3) is 0 Å². The molecule has 0 aromatic heterocycles. The van der Waals surface area contributed by atoms with Gasteiger partial charge < -0.3 is 5.73 Å². The van der Waals surface area contributed by atoms with Crippen molar-refractivity contribution in [2.75, 3.05) is 5.73 Å². The molecule has 0 spiro atoms. The van der Waals surface area contributed by atoms with Crippen molar-refractivity contribution in [3.8, 4) is 0 Å². The third kappa shape index (κ3) is 2.34. The number of nitrogen functional groups attached to an aromatic ring is 1. The standard InChI is InChI=1S/C9H7ClFN3O2/c1-2-13-9(10)5-3-8(14(15)16)6(11)4-7(5)12/h2-4H,1,12H2. The summed E-state index contributed by atoms with van der Waals surface area (Å²) < 4.78 is 13.1. The van der Waals surface area contributed by atoms with Gasteiger partial charge in [0.1, 0.15) is 5.17 Å². The molecule has 0 heterocycles. The van der Waals surface area contributed by atoms with E-state index < -0.39 is 16.4 Å². The number of nitrogens with two attached hydrogens (primary N) is 1. The molecule has 1 aromatic carbocycles. The lowest BCUT2D eigenvalue weighted by atomic mass is 10.1. The zero-order valence-electron chi connectivity index (χ0n) is 7.98. The lowest BCUT2D eigenvalue weighted by molar-refractivity contribution is -0.387. The van der Waals surface area contributed by atoms with Gasteiger partial charge in [-0.25, -0.2) is 4.99 Å². The molecule has 0 aliphatic carbocycles. The molecular formula is C9H7ClFN3O2. The lowest BCUT2D eigenvalue weighted by Gasteiger charge is -2.03. The summed E-state index contributed by atoms with van der Waals surface area (Å²) in [4.78, 5) is 13.2. The van der Waals surface area contributed by atoms with Gasteiger partial charge in [-0.2, -0.15) is 4.39 Å². The Morgan fingerprint density at radius 1 is 1.69 bits per heavy atom. The molecule has 5 nitrogen and oxygen atoms in total. The van der Waals surface area contributed by atoms with Crippen LogP contribution in [-0.2, 0) is 0 Å². The largest absolute Gasteiger partial charge is 0.398 e. The fourth-order valence-electron chi connectivity index (χ4n) is 1.05. The molecule has 0 aliphatic rings. The van der Waals surface area contributed by atoms with Gasteiger partial charge in [0, 0.05) is 29.6 Å². The number of aliphatic imine (C=N–C) groups is 1. The van der Waals surface area contributed by atoms with E-state index in [1.807, 2.05) is 0 Å². The van der Waals surface area contributed by atoms with E-state index in [-0.39, 0.29) is 16.4 Å². The average Bonchev–Trinajstić information content (AvgIpc) is 2.17. The molecule has 0 bridgehead atoms. The maximum atomic E-state index is 13.1. The van der Waals surface area contributed by atoms with Crippen molar-refractivity contribution in [2.45, 2.75) is 0 Å². The molecule has 1 rings (SSSR count). The van der Waals surface area contributed by atoms with Crippen LogP contribution in [-0.4, -0.2) is 10.1 Å². The Bertz CT molecular complexity index is 488. The summed E-state index contributed by atoms with van der Waals surface area (Å²) in [6, 6.07) is 1.76. The Labute approximate surface area is 95.2 Å². The molecule has 0 aliphatic heterocycles. The molecule has 0 fully saturated rings. The summed E-state index contributed by atoms with van der Waals surface area (Å²) >= 11 is 5.69. The topological polar surface area (TPSA) is 81.5 Å². The number of nitro benzene ring substituents is 1. The minimum Gasteiger partial charge on any atom is -0.398 e. The Morgan fingerprint density at radius 2 is 2.31 bits per heavy atom. The highest BCUT2D eigenvalue weighted by molar-refractivity contribution is 6.70. The number of nitrogens with zero attached hydrogens (tertiary/aromatic N) is 2. The highest BCUT2D eigenvalue weighted by atomic mass is 35.5. The highest BCUT2D eigenvalue weighted by Crippen LogP contribution is 2.25. The van der Waals surface area contributed by atoms with Crippen LogP contribution < -0.4 is 5.73 Å². The van der Waals surface area contributed by atoms with Crippen LogP contribution in [0, 0.1) is 15.9 Å². The molecule has 0 saturated heterocycles. The summed E-state index contributed by atoms with van der Waals surface area (Å²) in [6.07, 6.45) is 1.15. The van der Waals surface area contributed by atoms with Gasteiger partial charge in [0.05, 0.1) is 4.92 Å². The molecule has 7 heteroatoms. The molecule has 1 aromatic rings. The zero-order chi connectivity index (χ0) is 12.3. The van der Waals surface area contributed by atoms with Crippen molar-refractivity contribution < 1.29 is 9.31 Å². The van der Waals surface area contributed by atoms with Crippen molar-refractivity contribution >= 4 is 28.1 Å². The van der Waals surface area contributed by atoms with Gasteiger partial charge in [0.15, 0.2) is 0 Å². The molecule has 16 heavy (non-hydrogen) atoms. The minimum atomic E-state index is -1.02. The first-order valence-electron chi connectivity index (χ1n) is 4.05. The van der Waals surface area contributed by atoms with Gasteiger partial charge >= 0.3 is 5.69 Å². The van der Waals surface area contributed by atoms with Crippen LogP contribution in [0.1, 0.15) is 5.56 Å². The van der Waals surface area contributed by atoms with Crippen LogP contribution in [0.5, 0.6) is 0 Å². The average molecular weight is 244 g/mol. The van der Waals surface area contributed by atoms with Crippen LogP contribution in [0.25, 0.3) is 0 Å². The third-order valence-electron chi connectivity index (χ3n) is 1.74. The number of nitro groups is 1. The molecule has 0 unspecified atom stereocenters. The van der Waals surface area contributed by atoms with Gasteiger partial charge in [-0.05, 0) is 0 Å². The fourth-order valence-corrected chi connectivity index (χ4v) is 1.28. The van der Waals surface area contributed by atoms with E-state index in [1.165, 1.54) is 0 Å². The van der Waals surface area contributed by atoms with E-state index in [2.05, 4.69) is 11.6 Å². The second-order valence-electron chi connectivity index (χ2n) is 2.75. The first-order valence-corrected chi connectivity index (χ1v) is 4.43. The summed E-state index contributed by atoms with van der Waals surface area (Å²) in [5.41, 5.74) is 4.82. The smallest absolute Gasteiger partial charge is 0.305 e. The van der Waals surface area contributed by atoms with Crippen molar-refractivity contribution in [1.82, 2.24) is 0 Å². The number of hydrogen-bond acceptors (Lipinski definition) is 4. The van der Waals surface area contributed by atoms with Crippen molar-refractivity contribution in [3.63, 3.8) is 0 Å². The lowest BCUT2D eigenvalue weighted by Crippen LogP contribution is -2.02. The summed E-state index contributed by atoms with van der Waals surface area (Å²) in [6.45, 7) is 3.31. The molecule has 0 amide bonds. The van der Waals surface area contributed by atoms with E-state index in [4.69, 9.17) is 17.3 Å². The molecule has 0 atom stereocenters. The van der Waals surface area contributed by atoms with Crippen LogP contribution in [0.4, 0.5) is 15.8 Å². The number of benzene rings is 1. The molecule has 0 radical (unpaired) electrons. The summed E-state index contributed by atoms with van der Waals surface area (Å²) in [5.74, 6) is -1.02. The number of anilines is 1. The van der Waals surface area contributed by atoms with Crippen molar-refractivity contribution in [2.24, 2.45) is 4.99 Å². The van der Waals surface area contributed by atoms with Crippen LogP contribution in [0.2, 0.25) is 0 Å². The van der Waals surface area contributed by atoms with Crippen molar-refractivity contribution in [1.29, 1.82) is 0 Å². The second kappa shape index (κ2) is 4.71.